The predicted octanol–water partition coefficient (Wildman–Crippen LogP) is 0.979. The number of rotatable bonds is 21. The van der Waals surface area contributed by atoms with E-state index in [2.05, 4.69) is 10.6 Å². The lowest BCUT2D eigenvalue weighted by atomic mass is 9.95. The number of methoxy groups -OCH3 is 1. The van der Waals surface area contributed by atoms with Crippen LogP contribution in [-0.4, -0.2) is 123 Å². The van der Waals surface area contributed by atoms with Gasteiger partial charge in [-0.3, -0.25) is 9.59 Å². The Morgan fingerprint density at radius 2 is 1.44 bits per heavy atom. The first kappa shape index (κ1) is 37.9. The predicted molar refractivity (Wildman–Crippen MR) is 151 cm³/mol. The normalized spacial score (nSPS) is 14.9. The number of hydrogen-bond acceptors (Lipinski definition) is 15. The van der Waals surface area contributed by atoms with Crippen molar-refractivity contribution in [1.82, 2.24) is 10.6 Å². The molecule has 1 heterocycles. The molecule has 0 aliphatic carbocycles. The summed E-state index contributed by atoms with van der Waals surface area (Å²) in [5.41, 5.74) is 5.15. The maximum absolute atomic E-state index is 12.2. The number of ether oxygens (including phenoxy) is 6. The largest absolute Gasteiger partial charge is 0.508 e. The Morgan fingerprint density at radius 3 is 2.05 bits per heavy atom. The van der Waals surface area contributed by atoms with Crippen LogP contribution >= 0.6 is 21.6 Å². The van der Waals surface area contributed by atoms with Gasteiger partial charge in [0.2, 0.25) is 5.91 Å². The van der Waals surface area contributed by atoms with E-state index >= 15 is 0 Å². The second-order valence-corrected chi connectivity index (χ2v) is 11.8. The number of nitrogens with one attached hydrogen (secondary N) is 2. The molecule has 0 radical (unpaired) electrons. The molecule has 2 unspecified atom stereocenters. The number of nitrogens with two attached hydrogens (primary N) is 1. The SMILES string of the molecule is COCCOC(=O)OCCCOC(=O)OCC1(COC(=O)NCCCCC(N)C(=O)NC(CC(=O)O)C(=O)O)CSSC1. The van der Waals surface area contributed by atoms with Crippen LogP contribution in [0, 0.1) is 5.41 Å². The topological polar surface area (TPSA) is 248 Å². The third kappa shape index (κ3) is 17.5. The van der Waals surface area contributed by atoms with Gasteiger partial charge in [0.1, 0.15) is 25.9 Å². The van der Waals surface area contributed by atoms with Gasteiger partial charge in [-0.25, -0.2) is 19.2 Å². The molecule has 1 fully saturated rings. The van der Waals surface area contributed by atoms with Gasteiger partial charge in [0.25, 0.3) is 0 Å². The number of unbranched alkanes of at least 4 members (excludes halogenated alkanes) is 1. The average Bonchev–Trinajstić information content (AvgIpc) is 3.43. The Labute approximate surface area is 255 Å². The van der Waals surface area contributed by atoms with Gasteiger partial charge in [-0.05, 0) is 19.3 Å². The number of carboxylic acid groups (broad SMARTS) is 2. The number of carbonyl (C=O) groups excluding carboxylic acids is 4. The Morgan fingerprint density at radius 1 is 0.837 bits per heavy atom. The lowest BCUT2D eigenvalue weighted by molar-refractivity contribution is -0.147. The number of alkyl carbamates (subject to hydrolysis) is 1. The van der Waals surface area contributed by atoms with Gasteiger partial charge in [-0.2, -0.15) is 0 Å². The number of amides is 2. The van der Waals surface area contributed by atoms with Gasteiger partial charge < -0.3 is 55.0 Å². The van der Waals surface area contributed by atoms with Gasteiger partial charge in [0.15, 0.2) is 0 Å². The summed E-state index contributed by atoms with van der Waals surface area (Å²) in [4.78, 5) is 69.2. The highest BCUT2D eigenvalue weighted by molar-refractivity contribution is 8.77. The zero-order valence-electron chi connectivity index (χ0n) is 23.7. The van der Waals surface area contributed by atoms with Crippen molar-refractivity contribution in [3.8, 4) is 0 Å². The van der Waals surface area contributed by atoms with Gasteiger partial charge in [-0.15, -0.1) is 0 Å². The maximum atomic E-state index is 12.2. The highest BCUT2D eigenvalue weighted by Crippen LogP contribution is 2.43. The number of hydrogen-bond donors (Lipinski definition) is 5. The molecule has 0 aromatic heterocycles. The fourth-order valence-corrected chi connectivity index (χ4v) is 6.52. The van der Waals surface area contributed by atoms with E-state index in [-0.39, 0.29) is 59.0 Å². The van der Waals surface area contributed by atoms with Crippen LogP contribution in [0.3, 0.4) is 0 Å². The first-order chi connectivity index (χ1) is 20.5. The Kier molecular flexibility index (Phi) is 18.9. The van der Waals surface area contributed by atoms with Crippen LogP contribution in [0.25, 0.3) is 0 Å². The minimum atomic E-state index is -1.58. The molecule has 1 aliphatic heterocycles. The van der Waals surface area contributed by atoms with Gasteiger partial charge in [0.05, 0.1) is 37.7 Å². The van der Waals surface area contributed by atoms with E-state index in [4.69, 9.17) is 44.4 Å². The van der Waals surface area contributed by atoms with E-state index in [1.807, 2.05) is 0 Å². The van der Waals surface area contributed by atoms with Gasteiger partial charge in [0, 0.05) is 31.6 Å². The van der Waals surface area contributed by atoms with Crippen LogP contribution in [0.4, 0.5) is 14.4 Å². The van der Waals surface area contributed by atoms with Gasteiger partial charge in [-0.1, -0.05) is 21.6 Å². The summed E-state index contributed by atoms with van der Waals surface area (Å²) in [7, 11) is 4.58. The average molecular weight is 658 g/mol. The third-order valence-corrected chi connectivity index (χ3v) is 8.43. The summed E-state index contributed by atoms with van der Waals surface area (Å²) in [6, 6.07) is -2.63. The summed E-state index contributed by atoms with van der Waals surface area (Å²) < 4.78 is 29.8. The Balaban J connectivity index is 2.23. The lowest BCUT2D eigenvalue weighted by Gasteiger charge is -2.26. The highest BCUT2D eigenvalue weighted by Gasteiger charge is 2.38. The molecule has 17 nitrogen and oxygen atoms in total. The first-order valence-corrected chi connectivity index (χ1v) is 15.7. The molecule has 2 atom stereocenters. The van der Waals surface area contributed by atoms with Crippen LogP contribution < -0.4 is 16.4 Å². The standard InChI is InChI=1S/C24H39N3O14S2/c1-36-9-10-39-22(34)37-7-4-8-38-23(35)41-13-24(14-42-43-15-24)12-40-21(33)26-6-3-2-5-16(25)19(30)27-17(20(31)32)11-18(28)29/h16-17H,2-15,25H2,1H3,(H,26,33)(H,27,30)(H,28,29)(H,31,32). The lowest BCUT2D eigenvalue weighted by Crippen LogP contribution is -2.49. The smallest absolute Gasteiger partial charge is 0.481 e. The summed E-state index contributed by atoms with van der Waals surface area (Å²) in [6.07, 6.45) is -1.92. The van der Waals surface area contributed by atoms with Crippen LogP contribution in [0.1, 0.15) is 32.1 Å². The number of carbonyl (C=O) groups is 6. The minimum absolute atomic E-state index is 0.00271. The van der Waals surface area contributed by atoms with Crippen molar-refractivity contribution in [2.24, 2.45) is 11.1 Å². The molecule has 0 saturated carbocycles. The van der Waals surface area contributed by atoms with E-state index in [0.29, 0.717) is 24.3 Å². The molecule has 1 saturated heterocycles. The van der Waals surface area contributed by atoms with Crippen LogP contribution in [0.2, 0.25) is 0 Å². The molecule has 0 aromatic rings. The van der Waals surface area contributed by atoms with E-state index < -0.39 is 60.2 Å². The van der Waals surface area contributed by atoms with E-state index in [0.717, 1.165) is 0 Å². The number of aliphatic carboxylic acids is 2. The molecular weight excluding hydrogens is 618 g/mol. The van der Waals surface area contributed by atoms with Crippen molar-refractivity contribution in [3.05, 3.63) is 0 Å². The number of carboxylic acids is 2. The molecule has 2 amide bonds. The fourth-order valence-electron chi connectivity index (χ4n) is 3.19. The molecular formula is C24H39N3O14S2. The quantitative estimate of drug-likeness (QED) is 0.0499. The molecule has 0 bridgehead atoms. The Bertz CT molecular complexity index is 920. The van der Waals surface area contributed by atoms with E-state index in [1.54, 1.807) is 21.6 Å². The van der Waals surface area contributed by atoms with Gasteiger partial charge >= 0.3 is 30.3 Å². The van der Waals surface area contributed by atoms with Crippen molar-refractivity contribution >= 4 is 57.8 Å². The van der Waals surface area contributed by atoms with Crippen molar-refractivity contribution in [2.75, 3.05) is 64.8 Å². The maximum Gasteiger partial charge on any atom is 0.508 e. The van der Waals surface area contributed by atoms with E-state index in [1.165, 1.54) is 7.11 Å². The molecule has 43 heavy (non-hydrogen) atoms. The minimum Gasteiger partial charge on any atom is -0.481 e. The monoisotopic (exact) mass is 657 g/mol. The molecule has 0 aromatic carbocycles. The summed E-state index contributed by atoms with van der Waals surface area (Å²) in [5.74, 6) is -2.49. The second kappa shape index (κ2) is 21.5. The molecule has 0 spiro atoms. The molecule has 1 rings (SSSR count). The summed E-state index contributed by atoms with van der Waals surface area (Å²) >= 11 is 0. The summed E-state index contributed by atoms with van der Waals surface area (Å²) in [5, 5.41) is 22.4. The van der Waals surface area contributed by atoms with Crippen LogP contribution in [0.5, 0.6) is 0 Å². The zero-order chi connectivity index (χ0) is 32.1. The fraction of sp³-hybridized carbons (Fsp3) is 0.750. The van der Waals surface area contributed by atoms with E-state index in [9.17, 15) is 28.8 Å². The van der Waals surface area contributed by atoms with Crippen molar-refractivity contribution in [3.63, 3.8) is 0 Å². The molecule has 246 valence electrons. The third-order valence-electron chi connectivity index (χ3n) is 5.60. The molecule has 19 heteroatoms. The molecule has 6 N–H and O–H groups in total. The molecule has 1 aliphatic rings. The van der Waals surface area contributed by atoms with Crippen LogP contribution in [0.15, 0.2) is 0 Å². The van der Waals surface area contributed by atoms with Crippen LogP contribution in [-0.2, 0) is 42.8 Å². The van der Waals surface area contributed by atoms with Crippen molar-refractivity contribution in [1.29, 1.82) is 0 Å². The van der Waals surface area contributed by atoms with Crippen molar-refractivity contribution in [2.45, 2.75) is 44.2 Å². The second-order valence-electron chi connectivity index (χ2n) is 9.31. The Hall–Kier alpha value is -3.16. The van der Waals surface area contributed by atoms with Crippen molar-refractivity contribution < 1.29 is 67.4 Å². The highest BCUT2D eigenvalue weighted by atomic mass is 33.1. The first-order valence-electron chi connectivity index (χ1n) is 13.2. The zero-order valence-corrected chi connectivity index (χ0v) is 25.4. The summed E-state index contributed by atoms with van der Waals surface area (Å²) in [6.45, 7) is 0.451.